The van der Waals surface area contributed by atoms with Gasteiger partial charge in [0.25, 0.3) is 10.1 Å². The van der Waals surface area contributed by atoms with Crippen LogP contribution in [0.4, 0.5) is 0 Å². The monoisotopic (exact) mass is 217 g/mol. The first-order valence-corrected chi connectivity index (χ1v) is 4.98. The zero-order valence-corrected chi connectivity index (χ0v) is 8.19. The molecule has 0 atom stereocenters. The quantitative estimate of drug-likeness (QED) is 0.707. The van der Waals surface area contributed by atoms with Gasteiger partial charge in [-0.05, 0) is 12.1 Å². The maximum atomic E-state index is 10.4. The lowest BCUT2D eigenvalue weighted by Gasteiger charge is -1.92. The van der Waals surface area contributed by atoms with E-state index in [0.717, 1.165) is 6.92 Å². The van der Waals surface area contributed by atoms with E-state index in [9.17, 15) is 8.42 Å². The maximum Gasteiger partial charge on any atom is 0.352 e. The average Bonchev–Trinajstić information content (AvgIpc) is 2.03. The third kappa shape index (κ3) is 6.15. The Bertz CT molecular complexity index is 377. The molecule has 0 aliphatic carbocycles. The summed E-state index contributed by atoms with van der Waals surface area (Å²) in [5.74, 6) is -1.08. The Hall–Kier alpha value is -1.40. The summed E-state index contributed by atoms with van der Waals surface area (Å²) in [5.41, 5.74) is 0. The predicted octanol–water partition coefficient (Wildman–Crippen LogP) is 0.897. The smallest absolute Gasteiger partial charge is 0.282 e. The molecule has 0 aromatic heterocycles. The number of rotatable bonds is 1. The van der Waals surface area contributed by atoms with Gasteiger partial charge in [-0.3, -0.25) is 4.55 Å². The second-order valence-corrected chi connectivity index (χ2v) is 3.70. The van der Waals surface area contributed by atoms with Crippen molar-refractivity contribution in [3.05, 3.63) is 30.3 Å². The fraction of sp³-hybridized carbons (Fsp3) is 0.125. The van der Waals surface area contributed by atoms with E-state index in [1.54, 1.807) is 18.2 Å². The van der Waals surface area contributed by atoms with Crippen molar-refractivity contribution in [2.45, 2.75) is 11.8 Å². The number of hydrogen-bond donors (Lipinski definition) is 1. The first-order valence-electron chi connectivity index (χ1n) is 3.54. The van der Waals surface area contributed by atoms with Crippen LogP contribution in [0.1, 0.15) is 6.92 Å². The average molecular weight is 217 g/mol. The first-order chi connectivity index (χ1) is 6.34. The van der Waals surface area contributed by atoms with Gasteiger partial charge in [-0.25, -0.2) is 9.90 Å². The van der Waals surface area contributed by atoms with Crippen LogP contribution < -0.4 is 0 Å². The van der Waals surface area contributed by atoms with Gasteiger partial charge >= 0.3 is 5.97 Å². The molecule has 0 bridgehead atoms. The van der Waals surface area contributed by atoms with E-state index in [1.807, 2.05) is 0 Å². The van der Waals surface area contributed by atoms with E-state index < -0.39 is 16.1 Å². The van der Waals surface area contributed by atoms with Crippen LogP contribution in [-0.2, 0) is 20.0 Å². The number of benzene rings is 1. The van der Waals surface area contributed by atoms with Crippen molar-refractivity contribution in [1.82, 2.24) is 0 Å². The Morgan fingerprint density at radius 2 is 1.57 bits per heavy atom. The Morgan fingerprint density at radius 1 is 1.21 bits per heavy atom. The van der Waals surface area contributed by atoms with Crippen molar-refractivity contribution >= 4 is 16.1 Å². The van der Waals surface area contributed by atoms with Gasteiger partial charge in [0.2, 0.25) is 0 Å². The lowest BCUT2D eigenvalue weighted by Crippen LogP contribution is -1.96. The second kappa shape index (κ2) is 5.36. The minimum absolute atomic E-state index is 0.0741. The highest BCUT2D eigenvalue weighted by molar-refractivity contribution is 7.85. The van der Waals surface area contributed by atoms with Gasteiger partial charge in [0.05, 0.1) is 4.90 Å². The van der Waals surface area contributed by atoms with Crippen molar-refractivity contribution in [2.24, 2.45) is 0 Å². The third-order valence-corrected chi connectivity index (χ3v) is 1.91. The Morgan fingerprint density at radius 3 is 1.79 bits per heavy atom. The van der Waals surface area contributed by atoms with Gasteiger partial charge in [-0.1, -0.05) is 18.2 Å². The molecule has 6 heteroatoms. The van der Waals surface area contributed by atoms with Crippen molar-refractivity contribution in [1.29, 1.82) is 0 Å². The van der Waals surface area contributed by atoms with E-state index in [4.69, 9.17) is 14.5 Å². The van der Waals surface area contributed by atoms with Crippen LogP contribution >= 0.6 is 0 Å². The van der Waals surface area contributed by atoms with Gasteiger partial charge in [0, 0.05) is 6.92 Å². The highest BCUT2D eigenvalue weighted by Gasteiger charge is 2.05. The van der Waals surface area contributed by atoms with Crippen LogP contribution in [0.2, 0.25) is 0 Å². The van der Waals surface area contributed by atoms with Gasteiger partial charge in [0.1, 0.15) is 0 Å². The minimum atomic E-state index is -4.00. The fourth-order valence-corrected chi connectivity index (χ4v) is 1.09. The van der Waals surface area contributed by atoms with Gasteiger partial charge in [0.15, 0.2) is 0 Å². The van der Waals surface area contributed by atoms with Crippen molar-refractivity contribution in [3.8, 4) is 0 Å². The molecule has 0 saturated heterocycles. The SMILES string of the molecule is CC([O])=O.O=S(=O)(O)c1ccccc1. The van der Waals surface area contributed by atoms with E-state index in [0.29, 0.717) is 0 Å². The van der Waals surface area contributed by atoms with Crippen LogP contribution in [-0.4, -0.2) is 18.9 Å². The summed E-state index contributed by atoms with van der Waals surface area (Å²) >= 11 is 0. The summed E-state index contributed by atoms with van der Waals surface area (Å²) in [5, 5.41) is 8.89. The lowest BCUT2D eigenvalue weighted by atomic mass is 10.4. The van der Waals surface area contributed by atoms with Crippen molar-refractivity contribution in [2.75, 3.05) is 0 Å². The molecule has 14 heavy (non-hydrogen) atoms. The molecule has 0 aliphatic heterocycles. The highest BCUT2D eigenvalue weighted by atomic mass is 32.2. The molecule has 0 aliphatic rings. The standard InChI is InChI=1S/C6H6O3S.C2H3O2/c7-10(8,9)6-4-2-1-3-5-6;1-2(3)4/h1-5H,(H,7,8,9);1H3. The lowest BCUT2D eigenvalue weighted by molar-refractivity contribution is -0.140. The van der Waals surface area contributed by atoms with Gasteiger partial charge < -0.3 is 0 Å². The number of carbonyl (C=O) groups excluding carboxylic acids is 1. The molecule has 1 aromatic rings. The first kappa shape index (κ1) is 12.6. The van der Waals surface area contributed by atoms with Gasteiger partial charge in [-0.2, -0.15) is 8.42 Å². The summed E-state index contributed by atoms with van der Waals surface area (Å²) in [4.78, 5) is 8.81. The molecule has 1 aromatic carbocycles. The Kier molecular flexibility index (Phi) is 4.82. The molecule has 0 amide bonds. The summed E-state index contributed by atoms with van der Waals surface area (Å²) < 4.78 is 29.2. The molecule has 0 unspecified atom stereocenters. The molecule has 0 heterocycles. The molecule has 77 valence electrons. The Balaban J connectivity index is 0.000000364. The molecule has 0 fully saturated rings. The molecule has 1 rings (SSSR count). The number of carbonyl (C=O) groups is 1. The molecule has 5 nitrogen and oxygen atoms in total. The summed E-state index contributed by atoms with van der Waals surface area (Å²) in [7, 11) is -4.00. The van der Waals surface area contributed by atoms with Crippen LogP contribution in [0, 0.1) is 0 Å². The highest BCUT2D eigenvalue weighted by Crippen LogP contribution is 2.05. The summed E-state index contributed by atoms with van der Waals surface area (Å²) in [6.45, 7) is 0.972. The molecule has 1 radical (unpaired) electrons. The van der Waals surface area contributed by atoms with E-state index in [1.165, 1.54) is 12.1 Å². The number of hydrogen-bond acceptors (Lipinski definition) is 3. The Labute approximate surface area is 81.8 Å². The van der Waals surface area contributed by atoms with Crippen LogP contribution in [0.15, 0.2) is 35.2 Å². The van der Waals surface area contributed by atoms with Crippen LogP contribution in [0.25, 0.3) is 0 Å². The van der Waals surface area contributed by atoms with E-state index in [-0.39, 0.29) is 4.90 Å². The maximum absolute atomic E-state index is 10.4. The zero-order chi connectivity index (χ0) is 11.2. The zero-order valence-electron chi connectivity index (χ0n) is 7.38. The minimum Gasteiger partial charge on any atom is -0.282 e. The predicted molar refractivity (Wildman–Crippen MR) is 47.6 cm³/mol. The molecular formula is C8H9O5S. The van der Waals surface area contributed by atoms with E-state index >= 15 is 0 Å². The van der Waals surface area contributed by atoms with Crippen molar-refractivity contribution < 1.29 is 22.9 Å². The molecule has 0 spiro atoms. The topological polar surface area (TPSA) is 91.3 Å². The molecule has 1 N–H and O–H groups in total. The second-order valence-electron chi connectivity index (χ2n) is 2.28. The normalized spacial score (nSPS) is 9.86. The third-order valence-electron chi connectivity index (χ3n) is 1.04. The van der Waals surface area contributed by atoms with Gasteiger partial charge in [-0.15, -0.1) is 0 Å². The molecular weight excluding hydrogens is 208 g/mol. The van der Waals surface area contributed by atoms with Crippen LogP contribution in [0.3, 0.4) is 0 Å². The fourth-order valence-electron chi connectivity index (χ4n) is 0.592. The molecule has 0 saturated carbocycles. The van der Waals surface area contributed by atoms with Crippen LogP contribution in [0.5, 0.6) is 0 Å². The van der Waals surface area contributed by atoms with E-state index in [2.05, 4.69) is 0 Å². The van der Waals surface area contributed by atoms with Crippen molar-refractivity contribution in [3.63, 3.8) is 0 Å². The summed E-state index contributed by atoms with van der Waals surface area (Å²) in [6.07, 6.45) is 0. The largest absolute Gasteiger partial charge is 0.352 e. The summed E-state index contributed by atoms with van der Waals surface area (Å²) in [6, 6.07) is 7.42.